The number of aromatic amines is 1. The molecule has 1 saturated heterocycles. The molecule has 1 aliphatic rings. The number of aryl methyl sites for hydroxylation is 1. The summed E-state index contributed by atoms with van der Waals surface area (Å²) in [5.74, 6) is 1.90. The van der Waals surface area contributed by atoms with Crippen LogP contribution in [0.15, 0.2) is 16.9 Å². The number of hydrogen-bond donors (Lipinski definition) is 1. The van der Waals surface area contributed by atoms with E-state index in [2.05, 4.69) is 39.1 Å². The van der Waals surface area contributed by atoms with Gasteiger partial charge >= 0.3 is 0 Å². The fraction of sp³-hybridized carbons (Fsp3) is 0.667. The Morgan fingerprint density at radius 3 is 3.00 bits per heavy atom. The highest BCUT2D eigenvalue weighted by atomic mass is 127. The molecule has 1 aliphatic heterocycles. The molecule has 3 heterocycles. The number of hydrogen-bond acceptors (Lipinski definition) is 5. The van der Waals surface area contributed by atoms with E-state index >= 15 is 0 Å². The van der Waals surface area contributed by atoms with Crippen molar-refractivity contribution in [2.24, 2.45) is 0 Å². The first-order chi connectivity index (χ1) is 10.2. The molecule has 1 fully saturated rings. The molecule has 22 heavy (non-hydrogen) atoms. The summed E-state index contributed by atoms with van der Waals surface area (Å²) < 4.78 is 5.35. The predicted molar refractivity (Wildman–Crippen MR) is 94.3 cm³/mol. The molecule has 1 atom stereocenters. The average molecular weight is 417 g/mol. The molecule has 1 unspecified atom stereocenters. The molecule has 0 amide bonds. The van der Waals surface area contributed by atoms with Gasteiger partial charge in [0.25, 0.3) is 0 Å². The monoisotopic (exact) mass is 417 g/mol. The van der Waals surface area contributed by atoms with Crippen LogP contribution in [-0.2, 0) is 6.42 Å². The van der Waals surface area contributed by atoms with Crippen molar-refractivity contribution in [1.82, 2.24) is 25.2 Å². The average Bonchev–Trinajstić information content (AvgIpc) is 3.20. The van der Waals surface area contributed by atoms with Crippen LogP contribution in [0.4, 0.5) is 0 Å². The quantitative estimate of drug-likeness (QED) is 0.731. The minimum Gasteiger partial charge on any atom is -0.339 e. The Labute approximate surface area is 148 Å². The van der Waals surface area contributed by atoms with E-state index in [-0.39, 0.29) is 24.0 Å². The maximum atomic E-state index is 5.35. The number of likely N-dealkylation sites (tertiary alicyclic amines) is 1. The van der Waals surface area contributed by atoms with E-state index in [1.165, 1.54) is 12.0 Å². The second-order valence-corrected chi connectivity index (χ2v) is 6.05. The van der Waals surface area contributed by atoms with Gasteiger partial charge in [0.1, 0.15) is 0 Å². The van der Waals surface area contributed by atoms with Gasteiger partial charge in [-0.1, -0.05) is 19.0 Å². The van der Waals surface area contributed by atoms with Crippen molar-refractivity contribution in [3.8, 4) is 0 Å². The number of rotatable bonds is 6. The van der Waals surface area contributed by atoms with Crippen LogP contribution in [0.3, 0.4) is 0 Å². The van der Waals surface area contributed by atoms with E-state index in [0.717, 1.165) is 44.1 Å². The minimum absolute atomic E-state index is 0. The Balaban J connectivity index is 0.00000176. The second-order valence-electron chi connectivity index (χ2n) is 6.05. The third kappa shape index (κ3) is 4.07. The van der Waals surface area contributed by atoms with Crippen molar-refractivity contribution < 1.29 is 4.52 Å². The van der Waals surface area contributed by atoms with E-state index in [0.29, 0.717) is 12.0 Å². The summed E-state index contributed by atoms with van der Waals surface area (Å²) in [5.41, 5.74) is 1.27. The van der Waals surface area contributed by atoms with Crippen LogP contribution in [0.25, 0.3) is 0 Å². The summed E-state index contributed by atoms with van der Waals surface area (Å²) in [6.45, 7) is 6.35. The lowest BCUT2D eigenvalue weighted by Crippen LogP contribution is -2.25. The van der Waals surface area contributed by atoms with Crippen molar-refractivity contribution in [3.05, 3.63) is 29.7 Å². The SMILES string of the molecule is CC(C)c1nc(C2CCCN2CCCc2cn[nH]c2)no1.I. The summed E-state index contributed by atoms with van der Waals surface area (Å²) in [6.07, 6.45) is 8.39. The van der Waals surface area contributed by atoms with Crippen molar-refractivity contribution >= 4 is 24.0 Å². The van der Waals surface area contributed by atoms with Crippen LogP contribution >= 0.6 is 24.0 Å². The van der Waals surface area contributed by atoms with Gasteiger partial charge in [0, 0.05) is 12.1 Å². The fourth-order valence-corrected chi connectivity index (χ4v) is 2.90. The zero-order chi connectivity index (χ0) is 14.7. The van der Waals surface area contributed by atoms with Gasteiger partial charge in [0.2, 0.25) is 5.89 Å². The highest BCUT2D eigenvalue weighted by molar-refractivity contribution is 14.0. The van der Waals surface area contributed by atoms with Crippen LogP contribution in [0, 0.1) is 0 Å². The third-order valence-corrected chi connectivity index (χ3v) is 4.08. The van der Waals surface area contributed by atoms with Crippen molar-refractivity contribution in [3.63, 3.8) is 0 Å². The van der Waals surface area contributed by atoms with Gasteiger partial charge in [-0.25, -0.2) is 0 Å². The van der Waals surface area contributed by atoms with Gasteiger partial charge in [-0.05, 0) is 44.3 Å². The van der Waals surface area contributed by atoms with Gasteiger partial charge in [-0.15, -0.1) is 24.0 Å². The van der Waals surface area contributed by atoms with Crippen molar-refractivity contribution in [1.29, 1.82) is 0 Å². The largest absolute Gasteiger partial charge is 0.339 e. The molecular weight excluding hydrogens is 393 g/mol. The lowest BCUT2D eigenvalue weighted by atomic mass is 10.1. The summed E-state index contributed by atoms with van der Waals surface area (Å²) >= 11 is 0. The first-order valence-electron chi connectivity index (χ1n) is 7.79. The summed E-state index contributed by atoms with van der Waals surface area (Å²) in [4.78, 5) is 7.05. The predicted octanol–water partition coefficient (Wildman–Crippen LogP) is 3.30. The van der Waals surface area contributed by atoms with Gasteiger partial charge in [-0.3, -0.25) is 10.00 Å². The molecule has 1 N–H and O–H groups in total. The molecule has 0 bridgehead atoms. The van der Waals surface area contributed by atoms with E-state index in [4.69, 9.17) is 4.52 Å². The lowest BCUT2D eigenvalue weighted by Gasteiger charge is -2.21. The number of aromatic nitrogens is 4. The van der Waals surface area contributed by atoms with Gasteiger partial charge < -0.3 is 4.52 Å². The van der Waals surface area contributed by atoms with Crippen LogP contribution in [0.2, 0.25) is 0 Å². The highest BCUT2D eigenvalue weighted by Crippen LogP contribution is 2.30. The molecule has 7 heteroatoms. The van der Waals surface area contributed by atoms with Gasteiger partial charge in [0.05, 0.1) is 12.2 Å². The van der Waals surface area contributed by atoms with Crippen molar-refractivity contribution in [2.75, 3.05) is 13.1 Å². The lowest BCUT2D eigenvalue weighted by molar-refractivity contribution is 0.239. The Morgan fingerprint density at radius 2 is 2.32 bits per heavy atom. The Morgan fingerprint density at radius 1 is 1.45 bits per heavy atom. The van der Waals surface area contributed by atoms with Crippen molar-refractivity contribution in [2.45, 2.75) is 51.5 Å². The molecule has 0 saturated carbocycles. The molecule has 6 nitrogen and oxygen atoms in total. The molecule has 0 spiro atoms. The summed E-state index contributed by atoms with van der Waals surface area (Å²) in [5, 5.41) is 11.0. The number of nitrogens with zero attached hydrogens (tertiary/aromatic N) is 4. The molecule has 2 aromatic heterocycles. The molecule has 3 rings (SSSR count). The van der Waals surface area contributed by atoms with Crippen LogP contribution in [-0.4, -0.2) is 38.3 Å². The Bertz CT molecular complexity index is 554. The first-order valence-corrected chi connectivity index (χ1v) is 7.79. The first kappa shape index (κ1) is 17.4. The second kappa shape index (κ2) is 8.05. The zero-order valence-corrected chi connectivity index (χ0v) is 15.5. The number of H-pyrrole nitrogens is 1. The van der Waals surface area contributed by atoms with Crippen LogP contribution < -0.4 is 0 Å². The molecule has 2 aromatic rings. The van der Waals surface area contributed by atoms with Crippen LogP contribution in [0.5, 0.6) is 0 Å². The molecule has 0 aliphatic carbocycles. The summed E-state index contributed by atoms with van der Waals surface area (Å²) in [6, 6.07) is 0.325. The fourth-order valence-electron chi connectivity index (χ4n) is 2.90. The normalized spacial score (nSPS) is 18.8. The third-order valence-electron chi connectivity index (χ3n) is 4.08. The van der Waals surface area contributed by atoms with E-state index in [1.54, 1.807) is 0 Å². The van der Waals surface area contributed by atoms with Gasteiger partial charge in [-0.2, -0.15) is 10.1 Å². The summed E-state index contributed by atoms with van der Waals surface area (Å²) in [7, 11) is 0. The highest BCUT2D eigenvalue weighted by Gasteiger charge is 2.29. The van der Waals surface area contributed by atoms with E-state index in [9.17, 15) is 0 Å². The molecule has 0 aromatic carbocycles. The number of halogens is 1. The Hall–Kier alpha value is -0.960. The topological polar surface area (TPSA) is 70.8 Å². The van der Waals surface area contributed by atoms with Gasteiger partial charge in [0.15, 0.2) is 5.82 Å². The smallest absolute Gasteiger partial charge is 0.229 e. The minimum atomic E-state index is 0. The molecule has 0 radical (unpaired) electrons. The maximum absolute atomic E-state index is 5.35. The van der Waals surface area contributed by atoms with E-state index in [1.807, 2.05) is 12.4 Å². The standard InChI is InChI=1S/C15H23N5O.HI/c1-11(2)15-18-14(19-21-15)13-6-4-8-20(13)7-3-5-12-9-16-17-10-12;/h9-11,13H,3-8H2,1-2H3,(H,16,17);1H. The number of nitrogens with one attached hydrogen (secondary N) is 1. The maximum Gasteiger partial charge on any atom is 0.229 e. The zero-order valence-electron chi connectivity index (χ0n) is 13.2. The van der Waals surface area contributed by atoms with E-state index < -0.39 is 0 Å². The molecular formula is C15H24IN5O. The Kier molecular flexibility index (Phi) is 6.37. The molecule has 122 valence electrons. The van der Waals surface area contributed by atoms with Crippen LogP contribution in [0.1, 0.15) is 62.3 Å².